The normalized spacial score (nSPS) is 11.9. The molecule has 0 aliphatic rings. The summed E-state index contributed by atoms with van der Waals surface area (Å²) in [6.45, 7) is 5.57. The topological polar surface area (TPSA) is 77.1 Å². The first-order valence-corrected chi connectivity index (χ1v) is 6.81. The van der Waals surface area contributed by atoms with Crippen molar-refractivity contribution in [2.24, 2.45) is 16.8 Å². The average Bonchev–Trinajstić information content (AvgIpc) is 2.45. The Morgan fingerprint density at radius 2 is 2.15 bits per heavy atom. The van der Waals surface area contributed by atoms with Crippen LogP contribution >= 0.6 is 0 Å². The fraction of sp³-hybridized carbons (Fsp3) is 0.533. The lowest BCUT2D eigenvalue weighted by Gasteiger charge is -2.11. The molecule has 0 spiro atoms. The summed E-state index contributed by atoms with van der Waals surface area (Å²) in [5.41, 5.74) is 7.12. The van der Waals surface area contributed by atoms with Gasteiger partial charge in [0.15, 0.2) is 5.84 Å². The van der Waals surface area contributed by atoms with Gasteiger partial charge in [0.2, 0.25) is 0 Å². The summed E-state index contributed by atoms with van der Waals surface area (Å²) < 4.78 is 10.9. The van der Waals surface area contributed by atoms with E-state index in [0.29, 0.717) is 18.1 Å². The van der Waals surface area contributed by atoms with Crippen LogP contribution in [0.15, 0.2) is 23.4 Å². The Bertz CT molecular complexity index is 445. The highest BCUT2D eigenvalue weighted by molar-refractivity contribution is 5.97. The van der Waals surface area contributed by atoms with Crippen molar-refractivity contribution >= 4 is 5.84 Å². The predicted molar refractivity (Wildman–Crippen MR) is 79.2 cm³/mol. The molecule has 0 amide bonds. The summed E-state index contributed by atoms with van der Waals surface area (Å²) in [6, 6.07) is 5.35. The molecule has 5 heteroatoms. The van der Waals surface area contributed by atoms with Crippen molar-refractivity contribution in [3.8, 4) is 5.75 Å². The third-order valence-corrected chi connectivity index (χ3v) is 3.01. The number of rotatable bonds is 8. The van der Waals surface area contributed by atoms with E-state index in [-0.39, 0.29) is 5.84 Å². The molecular formula is C15H24N2O3. The summed E-state index contributed by atoms with van der Waals surface area (Å²) in [5.74, 6) is 1.51. The summed E-state index contributed by atoms with van der Waals surface area (Å²) >= 11 is 0. The van der Waals surface area contributed by atoms with Crippen molar-refractivity contribution in [1.82, 2.24) is 0 Å². The van der Waals surface area contributed by atoms with E-state index >= 15 is 0 Å². The number of benzene rings is 1. The van der Waals surface area contributed by atoms with Gasteiger partial charge in [-0.3, -0.25) is 0 Å². The fourth-order valence-corrected chi connectivity index (χ4v) is 1.88. The van der Waals surface area contributed by atoms with Crippen molar-refractivity contribution in [1.29, 1.82) is 0 Å². The molecule has 1 rings (SSSR count). The van der Waals surface area contributed by atoms with E-state index in [1.165, 1.54) is 0 Å². The molecule has 0 bridgehead atoms. The van der Waals surface area contributed by atoms with Crippen molar-refractivity contribution in [2.75, 3.05) is 13.7 Å². The Labute approximate surface area is 120 Å². The molecule has 20 heavy (non-hydrogen) atoms. The highest BCUT2D eigenvalue weighted by atomic mass is 16.5. The second-order valence-electron chi connectivity index (χ2n) is 5.10. The van der Waals surface area contributed by atoms with Crippen LogP contribution in [-0.2, 0) is 11.3 Å². The molecule has 0 aliphatic heterocycles. The molecule has 0 saturated heterocycles. The minimum atomic E-state index is 0.0775. The lowest BCUT2D eigenvalue weighted by atomic mass is 10.1. The summed E-state index contributed by atoms with van der Waals surface area (Å²) in [7, 11) is 1.61. The Hall–Kier alpha value is -1.75. The number of nitrogens with two attached hydrogens (primary N) is 1. The maximum absolute atomic E-state index is 8.70. The van der Waals surface area contributed by atoms with Gasteiger partial charge in [0.1, 0.15) is 5.75 Å². The quantitative estimate of drug-likeness (QED) is 0.252. The van der Waals surface area contributed by atoms with Gasteiger partial charge in [-0.2, -0.15) is 0 Å². The largest absolute Gasteiger partial charge is 0.496 e. The van der Waals surface area contributed by atoms with E-state index in [1.807, 2.05) is 6.07 Å². The Balaban J connectivity index is 2.62. The van der Waals surface area contributed by atoms with E-state index in [2.05, 4.69) is 19.0 Å². The maximum atomic E-state index is 8.70. The van der Waals surface area contributed by atoms with Crippen LogP contribution in [0.2, 0.25) is 0 Å². The molecule has 112 valence electrons. The van der Waals surface area contributed by atoms with Crippen molar-refractivity contribution in [3.05, 3.63) is 29.3 Å². The number of methoxy groups -OCH3 is 1. The number of ether oxygens (including phenoxy) is 2. The van der Waals surface area contributed by atoms with Crippen LogP contribution in [0.5, 0.6) is 5.75 Å². The van der Waals surface area contributed by atoms with Crippen LogP contribution in [0.3, 0.4) is 0 Å². The van der Waals surface area contributed by atoms with Crippen LogP contribution in [-0.4, -0.2) is 24.8 Å². The molecule has 0 radical (unpaired) electrons. The van der Waals surface area contributed by atoms with Gasteiger partial charge in [-0.25, -0.2) is 0 Å². The van der Waals surface area contributed by atoms with Gasteiger partial charge >= 0.3 is 0 Å². The molecule has 1 aromatic rings. The van der Waals surface area contributed by atoms with Gasteiger partial charge in [-0.05, 0) is 37.0 Å². The molecule has 0 unspecified atom stereocenters. The van der Waals surface area contributed by atoms with Crippen molar-refractivity contribution < 1.29 is 14.7 Å². The zero-order valence-corrected chi connectivity index (χ0v) is 12.4. The maximum Gasteiger partial charge on any atom is 0.170 e. The van der Waals surface area contributed by atoms with E-state index < -0.39 is 0 Å². The molecule has 0 fully saturated rings. The van der Waals surface area contributed by atoms with Gasteiger partial charge in [0.05, 0.1) is 13.7 Å². The number of hydrogen-bond acceptors (Lipinski definition) is 4. The number of hydrogen-bond donors (Lipinski definition) is 2. The fourth-order valence-electron chi connectivity index (χ4n) is 1.88. The lowest BCUT2D eigenvalue weighted by Crippen LogP contribution is -2.13. The number of oxime groups is 1. The van der Waals surface area contributed by atoms with Gasteiger partial charge in [0.25, 0.3) is 0 Å². The summed E-state index contributed by atoms with van der Waals surface area (Å²) in [5, 5.41) is 11.7. The van der Waals surface area contributed by atoms with Crippen LogP contribution < -0.4 is 10.5 Å². The van der Waals surface area contributed by atoms with E-state index in [1.54, 1.807) is 19.2 Å². The molecule has 1 aromatic carbocycles. The van der Waals surface area contributed by atoms with Crippen LogP contribution in [0.25, 0.3) is 0 Å². The molecular weight excluding hydrogens is 256 g/mol. The molecule has 0 saturated carbocycles. The van der Waals surface area contributed by atoms with Gasteiger partial charge in [0, 0.05) is 17.7 Å². The first-order chi connectivity index (χ1) is 9.58. The molecule has 0 heterocycles. The van der Waals surface area contributed by atoms with Gasteiger partial charge < -0.3 is 20.4 Å². The SMILES string of the molecule is COc1ccc(/C(N)=N/O)cc1COCCCC(C)C. The van der Waals surface area contributed by atoms with Crippen LogP contribution in [0.4, 0.5) is 0 Å². The predicted octanol–water partition coefficient (Wildman–Crippen LogP) is 2.74. The van der Waals surface area contributed by atoms with Crippen molar-refractivity contribution in [2.45, 2.75) is 33.3 Å². The van der Waals surface area contributed by atoms with E-state index in [4.69, 9.17) is 20.4 Å². The molecule has 0 atom stereocenters. The lowest BCUT2D eigenvalue weighted by molar-refractivity contribution is 0.113. The minimum absolute atomic E-state index is 0.0775. The zero-order chi connectivity index (χ0) is 15.0. The molecule has 0 aromatic heterocycles. The first kappa shape index (κ1) is 16.3. The second kappa shape index (κ2) is 8.43. The first-order valence-electron chi connectivity index (χ1n) is 6.81. The summed E-state index contributed by atoms with van der Waals surface area (Å²) in [6.07, 6.45) is 2.20. The molecule has 0 aliphatic carbocycles. The van der Waals surface area contributed by atoms with E-state index in [9.17, 15) is 0 Å². The summed E-state index contributed by atoms with van der Waals surface area (Å²) in [4.78, 5) is 0. The highest BCUT2D eigenvalue weighted by Gasteiger charge is 2.07. The average molecular weight is 280 g/mol. The van der Waals surface area contributed by atoms with Crippen molar-refractivity contribution in [3.63, 3.8) is 0 Å². The standard InChI is InChI=1S/C15H24N2O3/c1-11(2)5-4-8-20-10-13-9-12(15(16)17-18)6-7-14(13)19-3/h6-7,9,11,18H,4-5,8,10H2,1-3H3,(H2,16,17). The Kier molecular flexibility index (Phi) is 6.87. The Morgan fingerprint density at radius 1 is 1.40 bits per heavy atom. The molecule has 5 nitrogen and oxygen atoms in total. The van der Waals surface area contributed by atoms with Crippen LogP contribution in [0.1, 0.15) is 37.8 Å². The molecule has 3 N–H and O–H groups in total. The smallest absolute Gasteiger partial charge is 0.170 e. The number of nitrogens with zero attached hydrogens (tertiary/aromatic N) is 1. The van der Waals surface area contributed by atoms with Gasteiger partial charge in [-0.15, -0.1) is 0 Å². The third-order valence-electron chi connectivity index (χ3n) is 3.01. The monoisotopic (exact) mass is 280 g/mol. The minimum Gasteiger partial charge on any atom is -0.496 e. The Morgan fingerprint density at radius 3 is 2.75 bits per heavy atom. The zero-order valence-electron chi connectivity index (χ0n) is 12.4. The highest BCUT2D eigenvalue weighted by Crippen LogP contribution is 2.21. The number of amidine groups is 1. The van der Waals surface area contributed by atoms with Gasteiger partial charge in [-0.1, -0.05) is 19.0 Å². The van der Waals surface area contributed by atoms with E-state index in [0.717, 1.165) is 30.8 Å². The van der Waals surface area contributed by atoms with Crippen LogP contribution in [0, 0.1) is 5.92 Å². The third kappa shape index (κ3) is 5.09. The second-order valence-corrected chi connectivity index (χ2v) is 5.10.